The van der Waals surface area contributed by atoms with Gasteiger partial charge < -0.3 is 5.32 Å². The topological polar surface area (TPSA) is 49.4 Å². The van der Waals surface area contributed by atoms with Gasteiger partial charge in [0.2, 0.25) is 10.0 Å². The van der Waals surface area contributed by atoms with Crippen LogP contribution in [0.25, 0.3) is 0 Å². The molecule has 120 valence electrons. The number of thiophene rings is 1. The predicted octanol–water partition coefficient (Wildman–Crippen LogP) is 3.07. The Balaban J connectivity index is 1.98. The number of benzene rings is 1. The molecule has 2 rings (SSSR count). The Labute approximate surface area is 136 Å². The van der Waals surface area contributed by atoms with E-state index < -0.39 is 10.0 Å². The molecule has 2 aromatic rings. The lowest BCUT2D eigenvalue weighted by Crippen LogP contribution is -2.30. The monoisotopic (exact) mass is 338 g/mol. The molecule has 0 bridgehead atoms. The fourth-order valence-electron chi connectivity index (χ4n) is 2.24. The molecule has 1 heterocycles. The molecule has 0 amide bonds. The van der Waals surface area contributed by atoms with Crippen LogP contribution in [0.1, 0.15) is 24.3 Å². The molecule has 0 saturated carbocycles. The molecule has 1 N–H and O–H groups in total. The van der Waals surface area contributed by atoms with Crippen molar-refractivity contribution < 1.29 is 8.42 Å². The van der Waals surface area contributed by atoms with E-state index in [-0.39, 0.29) is 0 Å². The second kappa shape index (κ2) is 7.87. The normalized spacial score (nSPS) is 12.0. The van der Waals surface area contributed by atoms with Crippen molar-refractivity contribution >= 4 is 21.4 Å². The highest BCUT2D eigenvalue weighted by Crippen LogP contribution is 2.16. The van der Waals surface area contributed by atoms with Crippen LogP contribution in [0.3, 0.4) is 0 Å². The predicted molar refractivity (Wildman–Crippen MR) is 91.4 cm³/mol. The Morgan fingerprint density at radius 3 is 2.27 bits per heavy atom. The van der Waals surface area contributed by atoms with E-state index in [2.05, 4.69) is 16.8 Å². The van der Waals surface area contributed by atoms with E-state index in [1.165, 1.54) is 9.18 Å². The highest BCUT2D eigenvalue weighted by atomic mass is 32.2. The third-order valence-corrected chi connectivity index (χ3v) is 6.42. The fourth-order valence-corrected chi connectivity index (χ4v) is 4.37. The van der Waals surface area contributed by atoms with Gasteiger partial charge in [-0.3, -0.25) is 0 Å². The van der Waals surface area contributed by atoms with Crippen LogP contribution in [-0.4, -0.2) is 25.8 Å². The summed E-state index contributed by atoms with van der Waals surface area (Å²) in [6.07, 6.45) is 0. The van der Waals surface area contributed by atoms with Crippen LogP contribution in [0.15, 0.2) is 46.7 Å². The fraction of sp³-hybridized carbons (Fsp3) is 0.375. The smallest absolute Gasteiger partial charge is 0.243 e. The molecule has 0 radical (unpaired) electrons. The Hall–Kier alpha value is -1.21. The maximum absolute atomic E-state index is 12.4. The van der Waals surface area contributed by atoms with Crippen molar-refractivity contribution in [3.8, 4) is 0 Å². The van der Waals surface area contributed by atoms with E-state index in [0.717, 1.165) is 18.7 Å². The van der Waals surface area contributed by atoms with Crippen molar-refractivity contribution in [1.82, 2.24) is 9.62 Å². The van der Waals surface area contributed by atoms with Crippen molar-refractivity contribution in [2.45, 2.75) is 31.8 Å². The van der Waals surface area contributed by atoms with Gasteiger partial charge in [-0.25, -0.2) is 8.42 Å². The average Bonchev–Trinajstić information content (AvgIpc) is 3.02. The van der Waals surface area contributed by atoms with Gasteiger partial charge in [0, 0.05) is 31.1 Å². The third kappa shape index (κ3) is 4.16. The van der Waals surface area contributed by atoms with E-state index in [0.29, 0.717) is 18.0 Å². The first-order chi connectivity index (χ1) is 10.6. The second-order valence-corrected chi connectivity index (χ2v) is 7.89. The molecular formula is C16H22N2O2S2. The van der Waals surface area contributed by atoms with Gasteiger partial charge in [0.05, 0.1) is 4.90 Å². The molecule has 1 aromatic heterocycles. The van der Waals surface area contributed by atoms with Crippen molar-refractivity contribution in [3.05, 3.63) is 52.2 Å². The van der Waals surface area contributed by atoms with Crippen molar-refractivity contribution in [3.63, 3.8) is 0 Å². The van der Waals surface area contributed by atoms with E-state index >= 15 is 0 Å². The first kappa shape index (κ1) is 17.1. The molecule has 0 atom stereocenters. The third-order valence-electron chi connectivity index (χ3n) is 3.47. The van der Waals surface area contributed by atoms with Gasteiger partial charge in [-0.1, -0.05) is 32.0 Å². The molecule has 22 heavy (non-hydrogen) atoms. The molecule has 0 aliphatic heterocycles. The first-order valence-corrected chi connectivity index (χ1v) is 9.72. The van der Waals surface area contributed by atoms with E-state index in [4.69, 9.17) is 0 Å². The average molecular weight is 338 g/mol. The van der Waals surface area contributed by atoms with Crippen LogP contribution in [-0.2, 0) is 23.1 Å². The highest BCUT2D eigenvalue weighted by Gasteiger charge is 2.20. The summed E-state index contributed by atoms with van der Waals surface area (Å²) in [7, 11) is -3.36. The van der Waals surface area contributed by atoms with E-state index in [1.54, 1.807) is 23.5 Å². The molecule has 4 nitrogen and oxygen atoms in total. The molecule has 1 aromatic carbocycles. The molecule has 6 heteroatoms. The maximum atomic E-state index is 12.4. The molecule has 0 unspecified atom stereocenters. The number of hydrogen-bond donors (Lipinski definition) is 1. The summed E-state index contributed by atoms with van der Waals surface area (Å²) in [6.45, 7) is 6.24. The number of nitrogens with one attached hydrogen (secondary N) is 1. The van der Waals surface area contributed by atoms with Crippen molar-refractivity contribution in [2.75, 3.05) is 13.1 Å². The van der Waals surface area contributed by atoms with Gasteiger partial charge in [0.1, 0.15) is 0 Å². The summed E-state index contributed by atoms with van der Waals surface area (Å²) in [5.74, 6) is 0. The van der Waals surface area contributed by atoms with E-state index in [1.807, 2.05) is 32.0 Å². The first-order valence-electron chi connectivity index (χ1n) is 7.40. The SMILES string of the molecule is CCN(CC)S(=O)(=O)c1ccc(CNCc2cccs2)cc1. The summed E-state index contributed by atoms with van der Waals surface area (Å²) in [5.41, 5.74) is 1.08. The lowest BCUT2D eigenvalue weighted by Gasteiger charge is -2.18. The molecule has 0 aliphatic rings. The minimum atomic E-state index is -3.36. The Kier molecular flexibility index (Phi) is 6.14. The Morgan fingerprint density at radius 1 is 1.05 bits per heavy atom. The van der Waals surface area contributed by atoms with E-state index in [9.17, 15) is 8.42 Å². The van der Waals surface area contributed by atoms with Crippen LogP contribution < -0.4 is 5.32 Å². The zero-order valence-electron chi connectivity index (χ0n) is 13.0. The van der Waals surface area contributed by atoms with Crippen LogP contribution in [0.5, 0.6) is 0 Å². The summed E-state index contributed by atoms with van der Waals surface area (Å²) in [5, 5.41) is 5.42. The van der Waals surface area contributed by atoms with Gasteiger partial charge in [0.25, 0.3) is 0 Å². The second-order valence-electron chi connectivity index (χ2n) is 4.92. The summed E-state index contributed by atoms with van der Waals surface area (Å²) < 4.78 is 26.2. The standard InChI is InChI=1S/C16H22N2O2S2/c1-3-18(4-2)22(19,20)16-9-7-14(8-10-16)12-17-13-15-6-5-11-21-15/h5-11,17H,3-4,12-13H2,1-2H3. The van der Waals surface area contributed by atoms with Crippen LogP contribution in [0, 0.1) is 0 Å². The molecule has 0 aliphatic carbocycles. The number of nitrogens with zero attached hydrogens (tertiary/aromatic N) is 1. The Bertz CT molecular complexity index is 661. The lowest BCUT2D eigenvalue weighted by molar-refractivity contribution is 0.445. The van der Waals surface area contributed by atoms with Gasteiger partial charge in [-0.05, 0) is 29.1 Å². The quantitative estimate of drug-likeness (QED) is 0.805. The summed E-state index contributed by atoms with van der Waals surface area (Å²) in [4.78, 5) is 1.65. The van der Waals surface area contributed by atoms with Gasteiger partial charge in [-0.15, -0.1) is 11.3 Å². The van der Waals surface area contributed by atoms with Crippen LogP contribution in [0.4, 0.5) is 0 Å². The van der Waals surface area contributed by atoms with Gasteiger partial charge >= 0.3 is 0 Å². The zero-order chi connectivity index (χ0) is 16.0. The number of rotatable bonds is 8. The minimum Gasteiger partial charge on any atom is -0.308 e. The number of sulfonamides is 1. The molecule has 0 saturated heterocycles. The molecule has 0 spiro atoms. The highest BCUT2D eigenvalue weighted by molar-refractivity contribution is 7.89. The van der Waals surface area contributed by atoms with Gasteiger partial charge in [0.15, 0.2) is 0 Å². The molecular weight excluding hydrogens is 316 g/mol. The minimum absolute atomic E-state index is 0.359. The maximum Gasteiger partial charge on any atom is 0.243 e. The van der Waals surface area contributed by atoms with Crippen LogP contribution >= 0.6 is 11.3 Å². The summed E-state index contributed by atoms with van der Waals surface area (Å²) >= 11 is 1.72. The zero-order valence-corrected chi connectivity index (χ0v) is 14.6. The number of hydrogen-bond acceptors (Lipinski definition) is 4. The van der Waals surface area contributed by atoms with Crippen LogP contribution in [0.2, 0.25) is 0 Å². The Morgan fingerprint density at radius 2 is 1.73 bits per heavy atom. The van der Waals surface area contributed by atoms with Crippen molar-refractivity contribution in [2.24, 2.45) is 0 Å². The van der Waals surface area contributed by atoms with Crippen molar-refractivity contribution in [1.29, 1.82) is 0 Å². The largest absolute Gasteiger partial charge is 0.308 e. The lowest BCUT2D eigenvalue weighted by atomic mass is 10.2. The summed E-state index contributed by atoms with van der Waals surface area (Å²) in [6, 6.07) is 11.3. The molecule has 0 fully saturated rings. The van der Waals surface area contributed by atoms with Gasteiger partial charge in [-0.2, -0.15) is 4.31 Å².